The van der Waals surface area contributed by atoms with Gasteiger partial charge in [0.05, 0.1) is 0 Å². The van der Waals surface area contributed by atoms with Crippen LogP contribution in [0.1, 0.15) is 110 Å². The largest absolute Gasteiger partial charge is 1.00 e. The van der Waals surface area contributed by atoms with Crippen molar-refractivity contribution >= 4 is 5.97 Å². The van der Waals surface area contributed by atoms with E-state index in [1.54, 1.807) is 0 Å². The van der Waals surface area contributed by atoms with Crippen molar-refractivity contribution in [2.24, 2.45) is 0 Å². The Balaban J connectivity index is 0.00000676. The predicted octanol–water partition coefficient (Wildman–Crippen LogP) is 4.86. The van der Waals surface area contributed by atoms with Crippen LogP contribution in [0.4, 0.5) is 0 Å². The summed E-state index contributed by atoms with van der Waals surface area (Å²) in [6.45, 7) is 2.28. The third-order valence-electron chi connectivity index (χ3n) is 4.96. The van der Waals surface area contributed by atoms with Crippen molar-refractivity contribution < 1.29 is 39.1 Å². The summed E-state index contributed by atoms with van der Waals surface area (Å²) in [5, 5.41) is 0. The smallest absolute Gasteiger partial charge is 0.427 e. The minimum absolute atomic E-state index is 0. The summed E-state index contributed by atoms with van der Waals surface area (Å²) in [4.78, 5) is 11.7. The summed E-state index contributed by atoms with van der Waals surface area (Å²) in [6.07, 6.45) is 20.7. The van der Waals surface area contributed by atoms with E-state index in [0.29, 0.717) is 12.2 Å². The molecule has 148 valence electrons. The molecule has 27 heavy (non-hydrogen) atoms. The van der Waals surface area contributed by atoms with Crippen LogP contribution in [0.2, 0.25) is 0 Å². The molecular formula is C24H40NaO2+. The maximum absolute atomic E-state index is 11.7. The first-order valence-corrected chi connectivity index (χ1v) is 11.1. The van der Waals surface area contributed by atoms with E-state index in [1.165, 1.54) is 83.5 Å². The quantitative estimate of drug-likeness (QED) is 0.166. The maximum Gasteiger partial charge on any atom is 1.00 e. The number of rotatable bonds is 17. The molecule has 3 heteroatoms. The molecule has 0 bridgehead atoms. The SMILES string of the molecule is CCCCCCCCCCCCCCCCCC(=O)Oc1ccccc1.[Na+]. The van der Waals surface area contributed by atoms with Crippen molar-refractivity contribution in [3.63, 3.8) is 0 Å². The Morgan fingerprint density at radius 3 is 1.52 bits per heavy atom. The van der Waals surface area contributed by atoms with E-state index >= 15 is 0 Å². The van der Waals surface area contributed by atoms with Gasteiger partial charge in [-0.15, -0.1) is 0 Å². The Kier molecular flexibility index (Phi) is 20.2. The zero-order valence-corrected chi connectivity index (χ0v) is 20.0. The Morgan fingerprint density at radius 1 is 0.667 bits per heavy atom. The van der Waals surface area contributed by atoms with Gasteiger partial charge < -0.3 is 4.74 Å². The zero-order valence-electron chi connectivity index (χ0n) is 18.0. The van der Waals surface area contributed by atoms with E-state index in [0.717, 1.165) is 12.8 Å². The van der Waals surface area contributed by atoms with Crippen molar-refractivity contribution in [3.05, 3.63) is 30.3 Å². The first-order chi connectivity index (χ1) is 12.8. The van der Waals surface area contributed by atoms with E-state index in [9.17, 15) is 4.79 Å². The third kappa shape index (κ3) is 17.5. The summed E-state index contributed by atoms with van der Waals surface area (Å²) in [7, 11) is 0. The first-order valence-electron chi connectivity index (χ1n) is 11.1. The summed E-state index contributed by atoms with van der Waals surface area (Å²) >= 11 is 0. The maximum atomic E-state index is 11.7. The van der Waals surface area contributed by atoms with Crippen molar-refractivity contribution in [1.29, 1.82) is 0 Å². The van der Waals surface area contributed by atoms with Gasteiger partial charge >= 0.3 is 35.5 Å². The molecule has 0 atom stereocenters. The Hall–Kier alpha value is -0.310. The molecule has 2 nitrogen and oxygen atoms in total. The van der Waals surface area contributed by atoms with Gasteiger partial charge in [0.25, 0.3) is 0 Å². The molecule has 0 aliphatic heterocycles. The number of unbranched alkanes of at least 4 members (excludes halogenated alkanes) is 14. The Morgan fingerprint density at radius 2 is 1.07 bits per heavy atom. The molecule has 0 aromatic heterocycles. The molecule has 1 aromatic carbocycles. The number of ether oxygens (including phenoxy) is 1. The van der Waals surface area contributed by atoms with Crippen LogP contribution >= 0.6 is 0 Å². The first kappa shape index (κ1) is 26.7. The summed E-state index contributed by atoms with van der Waals surface area (Å²) in [6, 6.07) is 9.34. The number of hydrogen-bond acceptors (Lipinski definition) is 2. The van der Waals surface area contributed by atoms with Crippen LogP contribution in [-0.4, -0.2) is 5.97 Å². The number of esters is 1. The van der Waals surface area contributed by atoms with Crippen LogP contribution in [0.15, 0.2) is 30.3 Å². The summed E-state index contributed by atoms with van der Waals surface area (Å²) in [5.74, 6) is 0.546. The van der Waals surface area contributed by atoms with Crippen molar-refractivity contribution in [1.82, 2.24) is 0 Å². The Labute approximate surface area is 190 Å². The van der Waals surface area contributed by atoms with Crippen LogP contribution in [0, 0.1) is 0 Å². The predicted molar refractivity (Wildman–Crippen MR) is 112 cm³/mol. The monoisotopic (exact) mass is 383 g/mol. The molecule has 0 saturated heterocycles. The van der Waals surface area contributed by atoms with Gasteiger partial charge in [0.15, 0.2) is 0 Å². The average Bonchev–Trinajstić information content (AvgIpc) is 2.65. The standard InChI is InChI=1S/C24H40O2.Na/c1-2-3-4-5-6-7-8-9-10-11-12-13-14-15-19-22-24(25)26-23-20-17-16-18-21-23;/h16-18,20-21H,2-15,19,22H2,1H3;/q;+1. The molecule has 0 unspecified atom stereocenters. The van der Waals surface area contributed by atoms with Gasteiger partial charge in [-0.05, 0) is 18.6 Å². The summed E-state index contributed by atoms with van der Waals surface area (Å²) in [5.41, 5.74) is 0. The van der Waals surface area contributed by atoms with Gasteiger partial charge in [0.1, 0.15) is 5.75 Å². The molecule has 0 heterocycles. The number of carbonyl (C=O) groups is 1. The van der Waals surface area contributed by atoms with Crippen LogP contribution in [0.25, 0.3) is 0 Å². The van der Waals surface area contributed by atoms with Crippen LogP contribution in [0.5, 0.6) is 5.75 Å². The van der Waals surface area contributed by atoms with Gasteiger partial charge in [-0.1, -0.05) is 115 Å². The fourth-order valence-corrected chi connectivity index (χ4v) is 3.31. The average molecular weight is 384 g/mol. The minimum atomic E-state index is -0.106. The topological polar surface area (TPSA) is 26.3 Å². The second kappa shape index (κ2) is 20.4. The van der Waals surface area contributed by atoms with Crippen molar-refractivity contribution in [2.75, 3.05) is 0 Å². The van der Waals surface area contributed by atoms with Gasteiger partial charge in [0.2, 0.25) is 0 Å². The number of benzene rings is 1. The van der Waals surface area contributed by atoms with Crippen LogP contribution in [-0.2, 0) is 4.79 Å². The molecule has 0 aliphatic rings. The van der Waals surface area contributed by atoms with E-state index < -0.39 is 0 Å². The fourth-order valence-electron chi connectivity index (χ4n) is 3.31. The normalized spacial score (nSPS) is 10.4. The molecule has 0 saturated carbocycles. The second-order valence-corrected chi connectivity index (χ2v) is 7.49. The molecule has 0 radical (unpaired) electrons. The zero-order chi connectivity index (χ0) is 18.7. The number of carbonyl (C=O) groups excluding carboxylic acids is 1. The minimum Gasteiger partial charge on any atom is -0.427 e. The molecule has 0 aliphatic carbocycles. The summed E-state index contributed by atoms with van der Waals surface area (Å²) < 4.78 is 5.29. The van der Waals surface area contributed by atoms with E-state index in [-0.39, 0.29) is 35.5 Å². The fraction of sp³-hybridized carbons (Fsp3) is 0.708. The van der Waals surface area contributed by atoms with E-state index in [1.807, 2.05) is 30.3 Å². The van der Waals surface area contributed by atoms with Crippen LogP contribution < -0.4 is 34.3 Å². The third-order valence-corrected chi connectivity index (χ3v) is 4.96. The van der Waals surface area contributed by atoms with Gasteiger partial charge in [0, 0.05) is 6.42 Å². The second-order valence-electron chi connectivity index (χ2n) is 7.49. The van der Waals surface area contributed by atoms with Gasteiger partial charge in [-0.25, -0.2) is 0 Å². The molecule has 0 spiro atoms. The van der Waals surface area contributed by atoms with Crippen LogP contribution in [0.3, 0.4) is 0 Å². The van der Waals surface area contributed by atoms with Gasteiger partial charge in [-0.3, -0.25) is 4.79 Å². The molecule has 0 fully saturated rings. The molecule has 0 amide bonds. The Bertz CT molecular complexity index is 433. The van der Waals surface area contributed by atoms with E-state index in [4.69, 9.17) is 4.74 Å². The number of para-hydroxylation sites is 1. The van der Waals surface area contributed by atoms with Crippen molar-refractivity contribution in [3.8, 4) is 5.75 Å². The molecule has 1 rings (SSSR count). The van der Waals surface area contributed by atoms with E-state index in [2.05, 4.69) is 6.92 Å². The van der Waals surface area contributed by atoms with Gasteiger partial charge in [-0.2, -0.15) is 0 Å². The number of hydrogen-bond donors (Lipinski definition) is 0. The molecule has 1 aromatic rings. The van der Waals surface area contributed by atoms with Crippen molar-refractivity contribution in [2.45, 2.75) is 110 Å². The molecule has 0 N–H and O–H groups in total. The molecular weight excluding hydrogens is 343 g/mol.